The first-order chi connectivity index (χ1) is 8.63. The molecule has 1 amide bonds. The molecule has 0 saturated heterocycles. The molecule has 1 fully saturated rings. The average molecular weight is 248 g/mol. The summed E-state index contributed by atoms with van der Waals surface area (Å²) >= 11 is 0. The fourth-order valence-electron chi connectivity index (χ4n) is 2.06. The van der Waals surface area contributed by atoms with Gasteiger partial charge in [-0.2, -0.15) is 0 Å². The highest BCUT2D eigenvalue weighted by Gasteiger charge is 2.31. The molecule has 4 N–H and O–H groups in total. The molecular weight excluding hydrogens is 228 g/mol. The monoisotopic (exact) mass is 248 g/mol. The van der Waals surface area contributed by atoms with Crippen LogP contribution in [0.1, 0.15) is 43.0 Å². The summed E-state index contributed by atoms with van der Waals surface area (Å²) in [5.41, 5.74) is 12.0. The zero-order chi connectivity index (χ0) is 13.1. The summed E-state index contributed by atoms with van der Waals surface area (Å²) in [6.45, 7) is 3.06. The lowest BCUT2D eigenvalue weighted by Crippen LogP contribution is -2.30. The van der Waals surface area contributed by atoms with E-state index >= 15 is 0 Å². The molecule has 2 rings (SSSR count). The van der Waals surface area contributed by atoms with Gasteiger partial charge in [0, 0.05) is 12.6 Å². The van der Waals surface area contributed by atoms with E-state index in [0.717, 1.165) is 32.2 Å². The Kier molecular flexibility index (Phi) is 3.69. The highest BCUT2D eigenvalue weighted by Crippen LogP contribution is 2.33. The number of carbonyl (C=O) groups is 1. The maximum atomic E-state index is 11.5. The minimum Gasteiger partial charge on any atom is -0.397 e. The molecule has 1 aromatic heterocycles. The van der Waals surface area contributed by atoms with Gasteiger partial charge in [-0.1, -0.05) is 13.3 Å². The third-order valence-corrected chi connectivity index (χ3v) is 3.17. The number of pyridine rings is 1. The molecule has 98 valence electrons. The summed E-state index contributed by atoms with van der Waals surface area (Å²) in [6, 6.07) is 2.12. The van der Waals surface area contributed by atoms with Crippen LogP contribution in [0.5, 0.6) is 0 Å². The van der Waals surface area contributed by atoms with E-state index in [1.807, 2.05) is 0 Å². The highest BCUT2D eigenvalue weighted by atomic mass is 16.1. The summed E-state index contributed by atoms with van der Waals surface area (Å²) in [6.07, 6.45) is 6.11. The smallest absolute Gasteiger partial charge is 0.252 e. The van der Waals surface area contributed by atoms with E-state index in [-0.39, 0.29) is 0 Å². The molecule has 18 heavy (non-hydrogen) atoms. The van der Waals surface area contributed by atoms with Crippen molar-refractivity contribution in [2.24, 2.45) is 5.73 Å². The Bertz CT molecular complexity index is 443. The van der Waals surface area contributed by atoms with Crippen LogP contribution in [-0.4, -0.2) is 23.5 Å². The van der Waals surface area contributed by atoms with Gasteiger partial charge < -0.3 is 16.4 Å². The van der Waals surface area contributed by atoms with Crippen LogP contribution in [0.15, 0.2) is 12.3 Å². The van der Waals surface area contributed by atoms with Crippen LogP contribution in [0, 0.1) is 0 Å². The molecular formula is C13H20N4O. The van der Waals surface area contributed by atoms with Crippen molar-refractivity contribution in [2.75, 3.05) is 17.2 Å². The molecule has 1 saturated carbocycles. The Hall–Kier alpha value is -1.78. The Morgan fingerprint density at radius 1 is 1.56 bits per heavy atom. The van der Waals surface area contributed by atoms with E-state index in [4.69, 9.17) is 11.5 Å². The standard InChI is InChI=1S/C13H20N4O/c1-2-3-6-17(10-4-5-10)13-11(12(15)18)7-9(14)8-16-13/h7-8,10H,2-6,14H2,1H3,(H2,15,18). The topological polar surface area (TPSA) is 85.2 Å². The van der Waals surface area contributed by atoms with Crippen LogP contribution in [-0.2, 0) is 0 Å². The molecule has 0 aromatic carbocycles. The number of primary amides is 1. The maximum Gasteiger partial charge on any atom is 0.252 e. The predicted octanol–water partition coefficient (Wildman–Crippen LogP) is 1.53. The van der Waals surface area contributed by atoms with Crippen molar-refractivity contribution < 1.29 is 4.79 Å². The summed E-state index contributed by atoms with van der Waals surface area (Å²) in [5, 5.41) is 0. The minimum absolute atomic E-state index is 0.429. The number of anilines is 2. The van der Waals surface area contributed by atoms with Gasteiger partial charge in [0.1, 0.15) is 5.82 Å². The molecule has 5 nitrogen and oxygen atoms in total. The number of nitrogens with two attached hydrogens (primary N) is 2. The number of nitrogens with zero attached hydrogens (tertiary/aromatic N) is 2. The van der Waals surface area contributed by atoms with Gasteiger partial charge in [-0.25, -0.2) is 4.98 Å². The Morgan fingerprint density at radius 3 is 2.83 bits per heavy atom. The van der Waals surface area contributed by atoms with Crippen molar-refractivity contribution in [1.82, 2.24) is 4.98 Å². The van der Waals surface area contributed by atoms with E-state index < -0.39 is 5.91 Å². The molecule has 0 atom stereocenters. The van der Waals surface area contributed by atoms with Crippen molar-refractivity contribution in [3.05, 3.63) is 17.8 Å². The molecule has 0 spiro atoms. The summed E-state index contributed by atoms with van der Waals surface area (Å²) in [7, 11) is 0. The zero-order valence-electron chi connectivity index (χ0n) is 10.7. The molecule has 5 heteroatoms. The van der Waals surface area contributed by atoms with Gasteiger partial charge in [-0.15, -0.1) is 0 Å². The number of unbranched alkanes of at least 4 members (excludes halogenated alkanes) is 1. The molecule has 1 aromatic rings. The number of aromatic nitrogens is 1. The van der Waals surface area contributed by atoms with Crippen molar-refractivity contribution in [1.29, 1.82) is 0 Å². The Morgan fingerprint density at radius 2 is 2.28 bits per heavy atom. The second kappa shape index (κ2) is 5.25. The van der Waals surface area contributed by atoms with Crippen LogP contribution < -0.4 is 16.4 Å². The number of rotatable bonds is 6. The van der Waals surface area contributed by atoms with Crippen molar-refractivity contribution in [3.8, 4) is 0 Å². The van der Waals surface area contributed by atoms with Gasteiger partial charge in [-0.05, 0) is 25.3 Å². The van der Waals surface area contributed by atoms with E-state index in [1.54, 1.807) is 12.3 Å². The van der Waals surface area contributed by atoms with Crippen molar-refractivity contribution in [3.63, 3.8) is 0 Å². The average Bonchev–Trinajstić information content (AvgIpc) is 3.15. The number of hydrogen-bond donors (Lipinski definition) is 2. The van der Waals surface area contributed by atoms with E-state index in [9.17, 15) is 4.79 Å². The quantitative estimate of drug-likeness (QED) is 0.799. The first kappa shape index (κ1) is 12.7. The van der Waals surface area contributed by atoms with Crippen molar-refractivity contribution >= 4 is 17.4 Å². The van der Waals surface area contributed by atoms with Gasteiger partial charge in [0.2, 0.25) is 0 Å². The van der Waals surface area contributed by atoms with E-state index in [2.05, 4.69) is 16.8 Å². The zero-order valence-corrected chi connectivity index (χ0v) is 10.7. The van der Waals surface area contributed by atoms with Gasteiger partial charge >= 0.3 is 0 Å². The molecule has 0 radical (unpaired) electrons. The van der Waals surface area contributed by atoms with Crippen LogP contribution >= 0.6 is 0 Å². The lowest BCUT2D eigenvalue weighted by atomic mass is 10.2. The lowest BCUT2D eigenvalue weighted by Gasteiger charge is -2.25. The largest absolute Gasteiger partial charge is 0.397 e. The SMILES string of the molecule is CCCCN(c1ncc(N)cc1C(N)=O)C1CC1. The molecule has 1 heterocycles. The van der Waals surface area contributed by atoms with Crippen LogP contribution in [0.25, 0.3) is 0 Å². The van der Waals surface area contributed by atoms with Crippen LogP contribution in [0.2, 0.25) is 0 Å². The first-order valence-corrected chi connectivity index (χ1v) is 6.45. The molecule has 1 aliphatic rings. The highest BCUT2D eigenvalue weighted by molar-refractivity contribution is 5.98. The van der Waals surface area contributed by atoms with E-state index in [0.29, 0.717) is 23.1 Å². The normalized spacial score (nSPS) is 14.5. The number of amides is 1. The maximum absolute atomic E-state index is 11.5. The fourth-order valence-corrected chi connectivity index (χ4v) is 2.06. The second-order valence-electron chi connectivity index (χ2n) is 4.78. The third kappa shape index (κ3) is 2.72. The third-order valence-electron chi connectivity index (χ3n) is 3.17. The molecule has 1 aliphatic carbocycles. The van der Waals surface area contributed by atoms with Crippen LogP contribution in [0.4, 0.5) is 11.5 Å². The molecule has 0 bridgehead atoms. The second-order valence-corrected chi connectivity index (χ2v) is 4.78. The number of hydrogen-bond acceptors (Lipinski definition) is 4. The summed E-state index contributed by atoms with van der Waals surface area (Å²) in [5.74, 6) is 0.222. The number of carbonyl (C=O) groups excluding carboxylic acids is 1. The van der Waals surface area contributed by atoms with Gasteiger partial charge in [0.15, 0.2) is 0 Å². The van der Waals surface area contributed by atoms with E-state index in [1.165, 1.54) is 0 Å². The summed E-state index contributed by atoms with van der Waals surface area (Å²) in [4.78, 5) is 18.0. The molecule has 0 unspecified atom stereocenters. The van der Waals surface area contributed by atoms with Crippen LogP contribution in [0.3, 0.4) is 0 Å². The van der Waals surface area contributed by atoms with Gasteiger partial charge in [0.05, 0.1) is 17.4 Å². The van der Waals surface area contributed by atoms with Gasteiger partial charge in [0.25, 0.3) is 5.91 Å². The summed E-state index contributed by atoms with van der Waals surface area (Å²) < 4.78 is 0. The lowest BCUT2D eigenvalue weighted by molar-refractivity contribution is 0.100. The minimum atomic E-state index is -0.466. The first-order valence-electron chi connectivity index (χ1n) is 6.45. The Balaban J connectivity index is 2.30. The number of nitrogen functional groups attached to an aromatic ring is 1. The molecule has 0 aliphatic heterocycles. The fraction of sp³-hybridized carbons (Fsp3) is 0.538. The predicted molar refractivity (Wildman–Crippen MR) is 72.4 cm³/mol. The van der Waals surface area contributed by atoms with Crippen molar-refractivity contribution in [2.45, 2.75) is 38.6 Å². The van der Waals surface area contributed by atoms with Gasteiger partial charge in [-0.3, -0.25) is 4.79 Å². The Labute approximate surface area is 107 Å².